The number of amides is 1. The van der Waals surface area contributed by atoms with E-state index in [1.54, 1.807) is 0 Å². The van der Waals surface area contributed by atoms with Crippen LogP contribution in [0.3, 0.4) is 0 Å². The molecule has 1 fully saturated rings. The topological polar surface area (TPSA) is 113 Å². The van der Waals surface area contributed by atoms with Crippen molar-refractivity contribution in [2.75, 3.05) is 40.3 Å². The van der Waals surface area contributed by atoms with Gasteiger partial charge in [-0.1, -0.05) is 6.92 Å². The average Bonchev–Trinajstić information content (AvgIpc) is 3.50. The number of halogens is 3. The second kappa shape index (κ2) is 12.1. The number of nitrogens with zero attached hydrogens (tertiary/aromatic N) is 4. The molecule has 4 heterocycles. The van der Waals surface area contributed by atoms with E-state index in [2.05, 4.69) is 43.7 Å². The number of ether oxygens (including phenoxy) is 1. The average molecular weight is 530 g/mol. The Kier molecular flexibility index (Phi) is 9.37. The summed E-state index contributed by atoms with van der Waals surface area (Å²) in [6.07, 6.45) is 0.741. The monoisotopic (exact) mass is 529 g/mol. The molecule has 0 saturated carbocycles. The normalized spacial score (nSPS) is 19.3. The lowest BCUT2D eigenvalue weighted by molar-refractivity contribution is -0.192. The zero-order valence-electron chi connectivity index (χ0n) is 21.3. The zero-order chi connectivity index (χ0) is 27.2. The van der Waals surface area contributed by atoms with Crippen molar-refractivity contribution in [1.82, 2.24) is 24.7 Å². The van der Waals surface area contributed by atoms with Crippen molar-refractivity contribution in [3.63, 3.8) is 0 Å². The smallest absolute Gasteiger partial charge is 0.475 e. The third-order valence-corrected chi connectivity index (χ3v) is 6.36. The summed E-state index contributed by atoms with van der Waals surface area (Å²) in [7, 11) is 3.99. The summed E-state index contributed by atoms with van der Waals surface area (Å²) in [5.41, 5.74) is -0.500. The molecule has 0 aromatic carbocycles. The van der Waals surface area contributed by atoms with Crippen molar-refractivity contribution in [3.8, 4) is 0 Å². The Morgan fingerprint density at radius 1 is 1.24 bits per heavy atom. The van der Waals surface area contributed by atoms with Crippen LogP contribution in [-0.4, -0.2) is 88.9 Å². The van der Waals surface area contributed by atoms with E-state index in [9.17, 15) is 18.0 Å². The molecule has 37 heavy (non-hydrogen) atoms. The molecule has 2 aromatic rings. The Bertz CT molecular complexity index is 1040. The molecule has 1 saturated heterocycles. The van der Waals surface area contributed by atoms with Crippen LogP contribution < -0.4 is 5.32 Å². The highest BCUT2D eigenvalue weighted by atomic mass is 19.4. The standard InChI is InChI=1S/C22H33N5O3.C2HF3O2/c1-4-17-5-6-18(29-17)15-26-11-7-22(8-12-26)21-24-10-14-27(21)16-19(30-22)20(28)23-9-13-25(2)3;3-2(4,5)1(6)7/h5-6,10,14,19H,4,7-9,11-13,15-16H2,1-3H3,(H,23,28);(H,6,7). The van der Waals surface area contributed by atoms with E-state index < -0.39 is 23.9 Å². The third-order valence-electron chi connectivity index (χ3n) is 6.36. The van der Waals surface area contributed by atoms with E-state index in [0.717, 1.165) is 62.8 Å². The van der Waals surface area contributed by atoms with Gasteiger partial charge in [-0.2, -0.15) is 13.2 Å². The first-order valence-corrected chi connectivity index (χ1v) is 12.2. The van der Waals surface area contributed by atoms with E-state index in [4.69, 9.17) is 19.1 Å². The number of alkyl halides is 3. The molecule has 2 aliphatic rings. The number of aliphatic carboxylic acids is 1. The van der Waals surface area contributed by atoms with Crippen LogP contribution in [0.1, 0.15) is 37.1 Å². The quantitative estimate of drug-likeness (QED) is 0.562. The molecule has 4 rings (SSSR count). The highest BCUT2D eigenvalue weighted by Gasteiger charge is 2.47. The van der Waals surface area contributed by atoms with Gasteiger partial charge in [0.05, 0.1) is 13.1 Å². The van der Waals surface area contributed by atoms with Crippen LogP contribution in [0.2, 0.25) is 0 Å². The van der Waals surface area contributed by atoms with Crippen LogP contribution in [0.15, 0.2) is 28.9 Å². The van der Waals surface area contributed by atoms with Crippen LogP contribution in [0, 0.1) is 0 Å². The molecule has 10 nitrogen and oxygen atoms in total. The largest absolute Gasteiger partial charge is 0.490 e. The number of furan rings is 1. The molecule has 0 radical (unpaired) electrons. The summed E-state index contributed by atoms with van der Waals surface area (Å²) in [6, 6.07) is 4.13. The molecule has 2 N–H and O–H groups in total. The van der Waals surface area contributed by atoms with Crippen molar-refractivity contribution in [2.24, 2.45) is 0 Å². The zero-order valence-corrected chi connectivity index (χ0v) is 21.3. The highest BCUT2D eigenvalue weighted by molar-refractivity contribution is 5.81. The van der Waals surface area contributed by atoms with Crippen molar-refractivity contribution >= 4 is 11.9 Å². The summed E-state index contributed by atoms with van der Waals surface area (Å²) < 4.78 is 46.2. The SMILES string of the molecule is CCc1ccc(CN2CCC3(CC2)OC(C(=O)NCCN(C)C)Cn2ccnc23)o1.O=C(O)C(F)(F)F. The molecule has 206 valence electrons. The fourth-order valence-electron chi connectivity index (χ4n) is 4.38. The molecule has 1 spiro atoms. The van der Waals surface area contributed by atoms with Crippen LogP contribution in [0.25, 0.3) is 0 Å². The van der Waals surface area contributed by atoms with E-state index in [1.807, 2.05) is 26.5 Å². The number of carboxylic acids is 1. The lowest BCUT2D eigenvalue weighted by Gasteiger charge is -2.45. The second-order valence-corrected chi connectivity index (χ2v) is 9.40. The maximum absolute atomic E-state index is 12.8. The van der Waals surface area contributed by atoms with Gasteiger partial charge in [0.2, 0.25) is 0 Å². The fourth-order valence-corrected chi connectivity index (χ4v) is 4.38. The Balaban J connectivity index is 0.000000479. The minimum absolute atomic E-state index is 0.0410. The minimum atomic E-state index is -5.08. The highest BCUT2D eigenvalue weighted by Crippen LogP contribution is 2.40. The molecule has 1 unspecified atom stereocenters. The lowest BCUT2D eigenvalue weighted by atomic mass is 9.88. The number of aromatic nitrogens is 2. The number of likely N-dealkylation sites (N-methyl/N-ethyl adjacent to an activating group) is 1. The number of aryl methyl sites for hydroxylation is 1. The fraction of sp³-hybridized carbons (Fsp3) is 0.625. The summed E-state index contributed by atoms with van der Waals surface area (Å²) >= 11 is 0. The molecule has 1 atom stereocenters. The van der Waals surface area contributed by atoms with E-state index in [0.29, 0.717) is 13.1 Å². The van der Waals surface area contributed by atoms with Crippen molar-refractivity contribution in [1.29, 1.82) is 0 Å². The van der Waals surface area contributed by atoms with Gasteiger partial charge in [0.25, 0.3) is 5.91 Å². The van der Waals surface area contributed by atoms with Crippen molar-refractivity contribution < 1.29 is 37.0 Å². The minimum Gasteiger partial charge on any atom is -0.475 e. The molecule has 2 aliphatic heterocycles. The first-order chi connectivity index (χ1) is 17.4. The van der Waals surface area contributed by atoms with Gasteiger partial charge >= 0.3 is 12.1 Å². The number of carbonyl (C=O) groups excluding carboxylic acids is 1. The van der Waals surface area contributed by atoms with Crippen molar-refractivity contribution in [3.05, 3.63) is 41.9 Å². The van der Waals surface area contributed by atoms with Gasteiger partial charge in [0, 0.05) is 45.0 Å². The van der Waals surface area contributed by atoms with Crippen LogP contribution in [-0.2, 0) is 39.4 Å². The molecule has 13 heteroatoms. The predicted molar refractivity (Wildman–Crippen MR) is 127 cm³/mol. The molecule has 1 amide bonds. The summed E-state index contributed by atoms with van der Waals surface area (Å²) in [6.45, 7) is 6.60. The van der Waals surface area contributed by atoms with Gasteiger partial charge in [0.1, 0.15) is 22.9 Å². The van der Waals surface area contributed by atoms with Crippen LogP contribution in [0.5, 0.6) is 0 Å². The number of carbonyl (C=O) groups is 2. The third kappa shape index (κ3) is 7.55. The van der Waals surface area contributed by atoms with Gasteiger partial charge in [-0.15, -0.1) is 0 Å². The Labute approximate surface area is 213 Å². The molecule has 2 aromatic heterocycles. The van der Waals surface area contributed by atoms with Gasteiger partial charge in [-0.3, -0.25) is 9.69 Å². The molecule has 0 aliphatic carbocycles. The maximum atomic E-state index is 12.8. The number of rotatable bonds is 7. The summed E-state index contributed by atoms with van der Waals surface area (Å²) in [5.74, 6) is 0.185. The number of carboxylic acid groups (broad SMARTS) is 1. The first kappa shape index (κ1) is 28.7. The first-order valence-electron chi connectivity index (χ1n) is 12.2. The van der Waals surface area contributed by atoms with Gasteiger partial charge in [-0.05, 0) is 39.1 Å². The van der Waals surface area contributed by atoms with E-state index in [1.165, 1.54) is 0 Å². The summed E-state index contributed by atoms with van der Waals surface area (Å²) in [4.78, 5) is 30.7. The second-order valence-electron chi connectivity index (χ2n) is 9.40. The van der Waals surface area contributed by atoms with Crippen LogP contribution in [0.4, 0.5) is 13.2 Å². The predicted octanol–water partition coefficient (Wildman–Crippen LogP) is 2.24. The Morgan fingerprint density at radius 3 is 2.46 bits per heavy atom. The maximum Gasteiger partial charge on any atom is 0.490 e. The number of hydrogen-bond acceptors (Lipinski definition) is 7. The Morgan fingerprint density at radius 2 is 1.89 bits per heavy atom. The van der Waals surface area contributed by atoms with Gasteiger partial charge in [-0.25, -0.2) is 9.78 Å². The number of piperidine rings is 1. The van der Waals surface area contributed by atoms with Gasteiger partial charge < -0.3 is 29.0 Å². The number of likely N-dealkylation sites (tertiary alicyclic amines) is 1. The molecule has 0 bridgehead atoms. The van der Waals surface area contributed by atoms with Gasteiger partial charge in [0.15, 0.2) is 6.10 Å². The number of nitrogens with one attached hydrogen (secondary N) is 1. The van der Waals surface area contributed by atoms with Crippen molar-refractivity contribution in [2.45, 2.75) is 57.2 Å². The lowest BCUT2D eigenvalue weighted by Crippen LogP contribution is -2.54. The number of fused-ring (bicyclic) bond motifs is 2. The van der Waals surface area contributed by atoms with E-state index >= 15 is 0 Å². The van der Waals surface area contributed by atoms with Crippen LogP contribution >= 0.6 is 0 Å². The summed E-state index contributed by atoms with van der Waals surface area (Å²) in [5, 5.41) is 10.1. The molecular formula is C24H34F3N5O5. The van der Waals surface area contributed by atoms with E-state index in [-0.39, 0.29) is 5.91 Å². The number of hydrogen-bond donors (Lipinski definition) is 2. The Hall–Kier alpha value is -2.90. The molecular weight excluding hydrogens is 495 g/mol. The number of imidazole rings is 1.